The van der Waals surface area contributed by atoms with E-state index in [1.54, 1.807) is 12.1 Å². The van der Waals surface area contributed by atoms with Crippen LogP contribution in [0.3, 0.4) is 0 Å². The van der Waals surface area contributed by atoms with E-state index in [4.69, 9.17) is 34.0 Å². The molecule has 2 heterocycles. The molecule has 1 atom stereocenters. The van der Waals surface area contributed by atoms with Gasteiger partial charge < -0.3 is 28.4 Å². The third-order valence-corrected chi connectivity index (χ3v) is 5.80. The summed E-state index contributed by atoms with van der Waals surface area (Å²) in [6, 6.07) is 3.65. The second-order valence-electron chi connectivity index (χ2n) is 8.49. The molecule has 0 aliphatic carbocycles. The van der Waals surface area contributed by atoms with Crippen LogP contribution < -0.4 is 10.1 Å². The van der Waals surface area contributed by atoms with E-state index in [0.29, 0.717) is 66.0 Å². The monoisotopic (exact) mass is 563 g/mol. The Labute approximate surface area is 230 Å². The lowest BCUT2D eigenvalue weighted by molar-refractivity contribution is -0.136. The molecule has 1 unspecified atom stereocenters. The van der Waals surface area contributed by atoms with Gasteiger partial charge in [0.15, 0.2) is 0 Å². The minimum atomic E-state index is -1.03. The van der Waals surface area contributed by atoms with Crippen molar-refractivity contribution in [1.29, 1.82) is 0 Å². The summed E-state index contributed by atoms with van der Waals surface area (Å²) in [6.45, 7) is 4.25. The summed E-state index contributed by atoms with van der Waals surface area (Å²) in [5.41, 5.74) is 8.39. The first-order valence-electron chi connectivity index (χ1n) is 12.9. The van der Waals surface area contributed by atoms with Crippen molar-refractivity contribution < 1.29 is 47.6 Å². The lowest BCUT2D eigenvalue weighted by Crippen LogP contribution is -2.54. The van der Waals surface area contributed by atoms with Crippen molar-refractivity contribution in [3.63, 3.8) is 0 Å². The van der Waals surface area contributed by atoms with Crippen LogP contribution in [0.25, 0.3) is 10.4 Å². The average Bonchev–Trinajstić information content (AvgIpc) is 3.20. The number of nitrogens with zero attached hydrogens (tertiary/aromatic N) is 4. The van der Waals surface area contributed by atoms with Gasteiger partial charge in [0.1, 0.15) is 18.4 Å². The van der Waals surface area contributed by atoms with Gasteiger partial charge in [-0.3, -0.25) is 29.4 Å². The summed E-state index contributed by atoms with van der Waals surface area (Å²) in [7, 11) is 0. The number of fused-ring (bicyclic) bond motifs is 1. The molecule has 15 nitrogen and oxygen atoms in total. The lowest BCUT2D eigenvalue weighted by atomic mass is 10.0. The van der Waals surface area contributed by atoms with Crippen LogP contribution in [0, 0.1) is 0 Å². The lowest BCUT2D eigenvalue weighted by Gasteiger charge is -2.27. The van der Waals surface area contributed by atoms with Crippen molar-refractivity contribution in [1.82, 2.24) is 10.2 Å². The van der Waals surface area contributed by atoms with Gasteiger partial charge in [-0.15, -0.1) is 0 Å². The number of hydrogen-bond donors (Lipinski definition) is 1. The number of carbonyl (C=O) groups excluding carboxylic acids is 4. The summed E-state index contributed by atoms with van der Waals surface area (Å²) in [5.74, 6) is -2.08. The molecule has 1 aromatic rings. The highest BCUT2D eigenvalue weighted by atomic mass is 16.6. The van der Waals surface area contributed by atoms with Crippen LogP contribution in [0.4, 0.5) is 0 Å². The van der Waals surface area contributed by atoms with Gasteiger partial charge in [-0.25, -0.2) is 0 Å². The van der Waals surface area contributed by atoms with E-state index in [-0.39, 0.29) is 42.9 Å². The molecule has 4 amide bonds. The maximum atomic E-state index is 13.0. The quantitative estimate of drug-likeness (QED) is 0.0783. The maximum Gasteiger partial charge on any atom is 0.266 e. The standard InChI is InChI=1S/C25H33N5O10/c26-29-27-6-7-35-8-9-36-10-11-37-12-13-38-14-15-39-16-17-40-20-3-1-2-18-22(20)25(34)30(24(18)33)19-4-5-21(31)28-23(19)32/h1-3,19H,4-17H2,(H,28,31,32). The summed E-state index contributed by atoms with van der Waals surface area (Å²) in [4.78, 5) is 53.1. The van der Waals surface area contributed by atoms with Gasteiger partial charge in [0.05, 0.1) is 77.2 Å². The molecule has 2 aliphatic heterocycles. The zero-order valence-corrected chi connectivity index (χ0v) is 22.1. The zero-order valence-electron chi connectivity index (χ0n) is 22.1. The van der Waals surface area contributed by atoms with Crippen LogP contribution in [-0.2, 0) is 33.3 Å². The average molecular weight is 564 g/mol. The van der Waals surface area contributed by atoms with Gasteiger partial charge in [0.25, 0.3) is 11.8 Å². The van der Waals surface area contributed by atoms with Crippen LogP contribution in [0.5, 0.6) is 5.75 Å². The minimum Gasteiger partial charge on any atom is -0.490 e. The van der Waals surface area contributed by atoms with Gasteiger partial charge in [-0.2, -0.15) is 0 Å². The molecule has 1 aromatic carbocycles. The SMILES string of the molecule is [N-]=[N+]=NCCOCCOCCOCCOCCOCCOc1cccc2c1C(=O)N(C1CCC(=O)NC1=O)C2=O. The molecule has 0 saturated carbocycles. The Morgan fingerprint density at radius 2 is 1.40 bits per heavy atom. The van der Waals surface area contributed by atoms with Crippen LogP contribution >= 0.6 is 0 Å². The fourth-order valence-corrected chi connectivity index (χ4v) is 3.95. The smallest absolute Gasteiger partial charge is 0.266 e. The number of imide groups is 2. The van der Waals surface area contributed by atoms with E-state index in [1.165, 1.54) is 6.07 Å². The molecular formula is C25H33N5O10. The van der Waals surface area contributed by atoms with E-state index >= 15 is 0 Å². The number of ether oxygens (including phenoxy) is 6. The molecule has 2 aliphatic rings. The van der Waals surface area contributed by atoms with Crippen molar-refractivity contribution >= 4 is 23.6 Å². The number of hydrogen-bond acceptors (Lipinski definition) is 11. The Balaban J connectivity index is 1.22. The predicted molar refractivity (Wildman–Crippen MR) is 137 cm³/mol. The third-order valence-electron chi connectivity index (χ3n) is 5.80. The highest BCUT2D eigenvalue weighted by molar-refractivity contribution is 6.24. The molecule has 218 valence electrons. The van der Waals surface area contributed by atoms with Crippen LogP contribution in [-0.4, -0.2) is 114 Å². The van der Waals surface area contributed by atoms with Crippen molar-refractivity contribution in [3.8, 4) is 5.75 Å². The molecule has 0 radical (unpaired) electrons. The normalized spacial score (nSPS) is 16.6. The first kappa shape index (κ1) is 30.9. The number of rotatable bonds is 20. The number of carbonyl (C=O) groups is 4. The molecule has 3 rings (SSSR count). The first-order chi connectivity index (χ1) is 19.5. The number of nitrogens with one attached hydrogen (secondary N) is 1. The van der Waals surface area contributed by atoms with Crippen molar-refractivity contribution in [2.75, 3.05) is 79.2 Å². The van der Waals surface area contributed by atoms with Gasteiger partial charge >= 0.3 is 0 Å². The predicted octanol–water partition coefficient (Wildman–Crippen LogP) is 0.860. The zero-order chi connectivity index (χ0) is 28.6. The highest BCUT2D eigenvalue weighted by Gasteiger charge is 2.45. The molecule has 15 heteroatoms. The minimum absolute atomic E-state index is 0.0519. The van der Waals surface area contributed by atoms with Crippen molar-refractivity contribution in [3.05, 3.63) is 39.8 Å². The van der Waals surface area contributed by atoms with E-state index < -0.39 is 29.7 Å². The topological polar surface area (TPSA) is 188 Å². The fourth-order valence-electron chi connectivity index (χ4n) is 3.95. The summed E-state index contributed by atoms with van der Waals surface area (Å²) in [6.07, 6.45) is 0.137. The van der Waals surface area contributed by atoms with Gasteiger partial charge in [0.2, 0.25) is 11.8 Å². The molecular weight excluding hydrogens is 530 g/mol. The highest BCUT2D eigenvalue weighted by Crippen LogP contribution is 2.33. The molecule has 0 spiro atoms. The van der Waals surface area contributed by atoms with Crippen LogP contribution in [0.2, 0.25) is 0 Å². The largest absolute Gasteiger partial charge is 0.490 e. The van der Waals surface area contributed by atoms with Gasteiger partial charge in [-0.1, -0.05) is 11.2 Å². The summed E-state index contributed by atoms with van der Waals surface area (Å²) < 4.78 is 32.6. The Bertz CT molecular complexity index is 1080. The number of piperidine rings is 1. The van der Waals surface area contributed by atoms with Crippen LogP contribution in [0.15, 0.2) is 23.3 Å². The molecule has 0 aromatic heterocycles. The fraction of sp³-hybridized carbons (Fsp3) is 0.600. The summed E-state index contributed by atoms with van der Waals surface area (Å²) in [5, 5.41) is 5.53. The second kappa shape index (κ2) is 17.2. The van der Waals surface area contributed by atoms with Crippen molar-refractivity contribution in [2.24, 2.45) is 5.11 Å². The van der Waals surface area contributed by atoms with Gasteiger partial charge in [0, 0.05) is 17.9 Å². The van der Waals surface area contributed by atoms with E-state index in [1.807, 2.05) is 0 Å². The van der Waals surface area contributed by atoms with E-state index in [2.05, 4.69) is 15.3 Å². The van der Waals surface area contributed by atoms with E-state index in [9.17, 15) is 19.2 Å². The number of benzene rings is 1. The van der Waals surface area contributed by atoms with Crippen molar-refractivity contribution in [2.45, 2.75) is 18.9 Å². The Hall–Kier alpha value is -3.59. The molecule has 1 N–H and O–H groups in total. The molecule has 0 bridgehead atoms. The van der Waals surface area contributed by atoms with Gasteiger partial charge in [-0.05, 0) is 24.1 Å². The Morgan fingerprint density at radius 1 is 0.825 bits per heavy atom. The van der Waals surface area contributed by atoms with E-state index in [0.717, 1.165) is 4.90 Å². The molecule has 1 saturated heterocycles. The maximum absolute atomic E-state index is 13.0. The second-order valence-corrected chi connectivity index (χ2v) is 8.49. The van der Waals surface area contributed by atoms with Crippen LogP contribution in [0.1, 0.15) is 33.6 Å². The third kappa shape index (κ3) is 9.26. The first-order valence-corrected chi connectivity index (χ1v) is 12.9. The Kier molecular flexibility index (Phi) is 13.3. The Morgan fingerprint density at radius 3 is 1.98 bits per heavy atom. The number of amides is 4. The molecule has 1 fully saturated rings. The molecule has 40 heavy (non-hydrogen) atoms. The summed E-state index contributed by atoms with van der Waals surface area (Å²) >= 11 is 0. The number of azide groups is 1.